The molecular weight excluding hydrogens is 260 g/mol. The molecule has 0 aromatic heterocycles. The van der Waals surface area contributed by atoms with Gasteiger partial charge < -0.3 is 10.2 Å². The van der Waals surface area contributed by atoms with Crippen molar-refractivity contribution in [2.24, 2.45) is 11.3 Å². The number of likely N-dealkylation sites (tertiary alicyclic amines) is 1. The number of hydrogen-bond donors (Lipinski definition) is 1. The third-order valence-electron chi connectivity index (χ3n) is 5.54. The van der Waals surface area contributed by atoms with Gasteiger partial charge >= 0.3 is 0 Å². The summed E-state index contributed by atoms with van der Waals surface area (Å²) in [6, 6.07) is 0.918. The Hall–Kier alpha value is -0.280. The molecule has 0 bridgehead atoms. The third kappa shape index (κ3) is 2.64. The molecule has 1 spiro atoms. The zero-order valence-electron chi connectivity index (χ0n) is 12.2. The van der Waals surface area contributed by atoms with Gasteiger partial charge in [0.2, 0.25) is 5.91 Å². The van der Waals surface area contributed by atoms with Crippen LogP contribution in [0.25, 0.3) is 0 Å². The number of halogens is 1. The molecule has 4 heteroatoms. The Morgan fingerprint density at radius 2 is 1.74 bits per heavy atom. The van der Waals surface area contributed by atoms with E-state index in [0.717, 1.165) is 19.5 Å². The number of carbonyl (C=O) groups is 1. The molecular formula is C15H27ClN2O. The minimum atomic E-state index is 0. The first-order chi connectivity index (χ1) is 8.64. The van der Waals surface area contributed by atoms with E-state index in [1.165, 1.54) is 32.1 Å². The van der Waals surface area contributed by atoms with Gasteiger partial charge in [-0.3, -0.25) is 4.79 Å². The molecule has 3 unspecified atom stereocenters. The number of rotatable bonds is 1. The summed E-state index contributed by atoms with van der Waals surface area (Å²) < 4.78 is 0. The molecule has 2 heterocycles. The van der Waals surface area contributed by atoms with Crippen molar-refractivity contribution in [3.8, 4) is 0 Å². The predicted octanol–water partition coefficient (Wildman–Crippen LogP) is 2.59. The van der Waals surface area contributed by atoms with Crippen LogP contribution in [0, 0.1) is 11.3 Å². The van der Waals surface area contributed by atoms with Gasteiger partial charge in [0, 0.05) is 18.0 Å². The molecule has 110 valence electrons. The van der Waals surface area contributed by atoms with Crippen LogP contribution >= 0.6 is 12.4 Å². The van der Waals surface area contributed by atoms with Crippen molar-refractivity contribution in [2.45, 2.75) is 64.5 Å². The second-order valence-corrected chi connectivity index (χ2v) is 6.74. The first kappa shape index (κ1) is 15.1. The Labute approximate surface area is 122 Å². The Kier molecular flexibility index (Phi) is 4.46. The number of nitrogens with zero attached hydrogens (tertiary/aromatic N) is 1. The summed E-state index contributed by atoms with van der Waals surface area (Å²) in [7, 11) is 0. The molecule has 1 saturated carbocycles. The Morgan fingerprint density at radius 1 is 1.16 bits per heavy atom. The molecule has 1 aliphatic carbocycles. The van der Waals surface area contributed by atoms with Gasteiger partial charge in [-0.05, 0) is 70.9 Å². The maximum absolute atomic E-state index is 12.8. The fraction of sp³-hybridized carbons (Fsp3) is 0.933. The van der Waals surface area contributed by atoms with E-state index in [-0.39, 0.29) is 12.4 Å². The summed E-state index contributed by atoms with van der Waals surface area (Å²) in [5.74, 6) is 0.819. The Bertz CT molecular complexity index is 331. The lowest BCUT2D eigenvalue weighted by Crippen LogP contribution is -2.49. The van der Waals surface area contributed by atoms with Crippen LogP contribution in [0.4, 0.5) is 0 Å². The number of piperidine rings is 2. The van der Waals surface area contributed by atoms with E-state index in [4.69, 9.17) is 0 Å². The normalized spacial score (nSPS) is 36.7. The number of carbonyl (C=O) groups excluding carboxylic acids is 1. The number of amides is 1. The highest BCUT2D eigenvalue weighted by atomic mass is 35.5. The molecule has 0 aromatic rings. The molecule has 0 aromatic carbocycles. The standard InChI is InChI=1S/C15H26N2O.ClH/c1-11-4-3-5-12(2)17(11)14(18)13-10-15(13)6-8-16-9-7-15;/h11-13,16H,3-10H2,1-2H3;1H. The monoisotopic (exact) mass is 286 g/mol. The van der Waals surface area contributed by atoms with Gasteiger partial charge in [0.15, 0.2) is 0 Å². The largest absolute Gasteiger partial charge is 0.337 e. The zero-order chi connectivity index (χ0) is 12.8. The van der Waals surface area contributed by atoms with Crippen molar-refractivity contribution in [3.05, 3.63) is 0 Å². The van der Waals surface area contributed by atoms with Crippen molar-refractivity contribution < 1.29 is 4.79 Å². The van der Waals surface area contributed by atoms with E-state index in [9.17, 15) is 4.79 Å². The van der Waals surface area contributed by atoms with Crippen molar-refractivity contribution in [1.29, 1.82) is 0 Å². The van der Waals surface area contributed by atoms with E-state index in [0.29, 0.717) is 29.3 Å². The highest BCUT2D eigenvalue weighted by Gasteiger charge is 2.59. The smallest absolute Gasteiger partial charge is 0.226 e. The molecule has 3 atom stereocenters. The van der Waals surface area contributed by atoms with Crippen LogP contribution < -0.4 is 5.32 Å². The summed E-state index contributed by atoms with van der Waals surface area (Å²) in [4.78, 5) is 15.0. The van der Waals surface area contributed by atoms with Crippen LogP contribution in [0.5, 0.6) is 0 Å². The highest BCUT2D eigenvalue weighted by molar-refractivity contribution is 5.85. The van der Waals surface area contributed by atoms with E-state index in [2.05, 4.69) is 24.1 Å². The molecule has 1 amide bonds. The summed E-state index contributed by atoms with van der Waals surface area (Å²) in [6.45, 7) is 6.67. The van der Waals surface area contributed by atoms with Crippen molar-refractivity contribution in [3.63, 3.8) is 0 Å². The maximum Gasteiger partial charge on any atom is 0.226 e. The van der Waals surface area contributed by atoms with Crippen LogP contribution in [0.2, 0.25) is 0 Å². The Morgan fingerprint density at radius 3 is 2.32 bits per heavy atom. The molecule has 3 rings (SSSR count). The lowest BCUT2D eigenvalue weighted by Gasteiger charge is -2.40. The molecule has 1 N–H and O–H groups in total. The quantitative estimate of drug-likeness (QED) is 0.804. The average molecular weight is 287 g/mol. The first-order valence-corrected chi connectivity index (χ1v) is 7.67. The minimum Gasteiger partial charge on any atom is -0.337 e. The topological polar surface area (TPSA) is 32.3 Å². The predicted molar refractivity (Wildman–Crippen MR) is 79.5 cm³/mol. The van der Waals surface area contributed by atoms with Crippen LogP contribution in [0.1, 0.15) is 52.4 Å². The fourth-order valence-electron chi connectivity index (χ4n) is 4.21. The number of nitrogens with one attached hydrogen (secondary N) is 1. The van der Waals surface area contributed by atoms with Crippen LogP contribution in [-0.4, -0.2) is 36.0 Å². The van der Waals surface area contributed by atoms with E-state index < -0.39 is 0 Å². The van der Waals surface area contributed by atoms with E-state index >= 15 is 0 Å². The summed E-state index contributed by atoms with van der Waals surface area (Å²) >= 11 is 0. The van der Waals surface area contributed by atoms with Crippen molar-refractivity contribution >= 4 is 18.3 Å². The van der Waals surface area contributed by atoms with Crippen LogP contribution in [0.3, 0.4) is 0 Å². The summed E-state index contributed by atoms with van der Waals surface area (Å²) in [5.41, 5.74) is 0.388. The second kappa shape index (κ2) is 5.61. The van der Waals surface area contributed by atoms with Gasteiger partial charge in [-0.15, -0.1) is 12.4 Å². The molecule has 3 aliphatic rings. The molecule has 3 fully saturated rings. The maximum atomic E-state index is 12.8. The molecule has 2 saturated heterocycles. The molecule has 3 nitrogen and oxygen atoms in total. The minimum absolute atomic E-state index is 0. The summed E-state index contributed by atoms with van der Waals surface area (Å²) in [5, 5.41) is 3.41. The van der Waals surface area contributed by atoms with Gasteiger partial charge in [0.1, 0.15) is 0 Å². The average Bonchev–Trinajstić information content (AvgIpc) is 3.03. The highest BCUT2D eigenvalue weighted by Crippen LogP contribution is 2.59. The van der Waals surface area contributed by atoms with Crippen molar-refractivity contribution in [1.82, 2.24) is 10.2 Å². The van der Waals surface area contributed by atoms with Gasteiger partial charge in [-0.2, -0.15) is 0 Å². The fourth-order valence-corrected chi connectivity index (χ4v) is 4.21. The molecule has 2 aliphatic heterocycles. The van der Waals surface area contributed by atoms with Crippen molar-refractivity contribution in [2.75, 3.05) is 13.1 Å². The van der Waals surface area contributed by atoms with Gasteiger partial charge in [0.05, 0.1) is 0 Å². The van der Waals surface area contributed by atoms with Gasteiger partial charge in [0.25, 0.3) is 0 Å². The van der Waals surface area contributed by atoms with E-state index in [1.54, 1.807) is 0 Å². The number of hydrogen-bond acceptors (Lipinski definition) is 2. The molecule has 19 heavy (non-hydrogen) atoms. The third-order valence-corrected chi connectivity index (χ3v) is 5.54. The van der Waals surface area contributed by atoms with Gasteiger partial charge in [-0.25, -0.2) is 0 Å². The summed E-state index contributed by atoms with van der Waals surface area (Å²) in [6.07, 6.45) is 7.24. The lowest BCUT2D eigenvalue weighted by molar-refractivity contribution is -0.139. The molecule has 0 radical (unpaired) electrons. The van der Waals surface area contributed by atoms with E-state index in [1.807, 2.05) is 0 Å². The van der Waals surface area contributed by atoms with Crippen LogP contribution in [0.15, 0.2) is 0 Å². The van der Waals surface area contributed by atoms with Gasteiger partial charge in [-0.1, -0.05) is 0 Å². The second-order valence-electron chi connectivity index (χ2n) is 6.74. The lowest BCUT2D eigenvalue weighted by atomic mass is 9.90. The first-order valence-electron chi connectivity index (χ1n) is 7.67. The zero-order valence-corrected chi connectivity index (χ0v) is 13.0. The Balaban J connectivity index is 0.00000133. The van der Waals surface area contributed by atoms with Crippen LogP contribution in [-0.2, 0) is 4.79 Å². The SMILES string of the molecule is CC1CCCC(C)N1C(=O)C1CC12CCNCC2.Cl.